The molecule has 1 aromatic carbocycles. The molecule has 0 aliphatic carbocycles. The number of ether oxygens (including phenoxy) is 2. The highest BCUT2D eigenvalue weighted by Gasteiger charge is 2.36. The summed E-state index contributed by atoms with van der Waals surface area (Å²) in [5.41, 5.74) is 1.01. The Bertz CT molecular complexity index is 910. The molecule has 1 aliphatic heterocycles. The van der Waals surface area contributed by atoms with E-state index in [0.717, 1.165) is 31.4 Å². The Hall–Kier alpha value is -1.51. The Morgan fingerprint density at radius 2 is 1.81 bits per heavy atom. The van der Waals surface area contributed by atoms with Crippen molar-refractivity contribution in [1.82, 2.24) is 8.87 Å². The van der Waals surface area contributed by atoms with Gasteiger partial charge >= 0.3 is 0 Å². The zero-order chi connectivity index (χ0) is 19.6. The average molecular weight is 457 g/mol. The van der Waals surface area contributed by atoms with Gasteiger partial charge in [-0.2, -0.15) is 4.31 Å². The molecule has 3 rings (SSSR count). The van der Waals surface area contributed by atoms with Crippen LogP contribution in [0.1, 0.15) is 37.4 Å². The predicted molar refractivity (Wildman–Crippen MR) is 108 cm³/mol. The van der Waals surface area contributed by atoms with Gasteiger partial charge in [0.25, 0.3) is 0 Å². The van der Waals surface area contributed by atoms with E-state index in [1.165, 1.54) is 20.3 Å². The molecule has 0 saturated carbocycles. The molecular weight excluding hydrogens is 432 g/mol. The number of benzene rings is 1. The monoisotopic (exact) mass is 456 g/mol. The molecule has 1 saturated heterocycles. The zero-order valence-electron chi connectivity index (χ0n) is 15.8. The molecule has 0 amide bonds. The van der Waals surface area contributed by atoms with E-state index in [2.05, 4.69) is 15.9 Å². The quantitative estimate of drug-likeness (QED) is 0.678. The van der Waals surface area contributed by atoms with Crippen molar-refractivity contribution in [2.45, 2.75) is 36.6 Å². The highest BCUT2D eigenvalue weighted by molar-refractivity contribution is 9.10. The minimum atomic E-state index is -3.73. The topological polar surface area (TPSA) is 60.8 Å². The van der Waals surface area contributed by atoms with Crippen LogP contribution in [0.25, 0.3) is 0 Å². The fourth-order valence-corrected chi connectivity index (χ4v) is 6.31. The van der Waals surface area contributed by atoms with Gasteiger partial charge in [-0.25, -0.2) is 8.42 Å². The maximum absolute atomic E-state index is 13.6. The van der Waals surface area contributed by atoms with Crippen LogP contribution in [-0.2, 0) is 17.1 Å². The number of nitrogens with zero attached hydrogens (tertiary/aromatic N) is 2. The maximum atomic E-state index is 13.6. The molecule has 2 aromatic rings. The second-order valence-electron chi connectivity index (χ2n) is 6.66. The molecule has 6 nitrogen and oxygen atoms in total. The molecule has 0 bridgehead atoms. The van der Waals surface area contributed by atoms with E-state index in [4.69, 9.17) is 9.47 Å². The average Bonchev–Trinajstić information content (AvgIpc) is 2.92. The molecule has 27 heavy (non-hydrogen) atoms. The summed E-state index contributed by atoms with van der Waals surface area (Å²) >= 11 is 3.41. The lowest BCUT2D eigenvalue weighted by Gasteiger charge is -2.30. The molecule has 8 heteroatoms. The van der Waals surface area contributed by atoms with Gasteiger partial charge in [-0.3, -0.25) is 0 Å². The standard InChI is InChI=1S/C19H25BrN2O4S/c1-21-10-7-9-15(21)16-8-5-4-6-11-22(16)27(23,24)19-13-18(26-3)17(25-2)12-14(19)20/h7,9-10,12-13,16H,4-6,8,11H2,1-3H3. The van der Waals surface area contributed by atoms with Crippen molar-refractivity contribution in [3.05, 3.63) is 40.6 Å². The first-order valence-corrected chi connectivity index (χ1v) is 11.2. The molecule has 1 atom stereocenters. The van der Waals surface area contributed by atoms with E-state index >= 15 is 0 Å². The molecule has 2 heterocycles. The second-order valence-corrected chi connectivity index (χ2v) is 9.38. The van der Waals surface area contributed by atoms with Crippen LogP contribution in [0.5, 0.6) is 11.5 Å². The number of aromatic nitrogens is 1. The molecule has 1 unspecified atom stereocenters. The lowest BCUT2D eigenvalue weighted by Crippen LogP contribution is -2.35. The number of aryl methyl sites for hydroxylation is 1. The van der Waals surface area contributed by atoms with Gasteiger partial charge in [-0.15, -0.1) is 0 Å². The number of rotatable bonds is 5. The normalized spacial score (nSPS) is 18.9. The van der Waals surface area contributed by atoms with Crippen LogP contribution < -0.4 is 9.47 Å². The molecule has 1 aromatic heterocycles. The van der Waals surface area contributed by atoms with Crippen LogP contribution in [-0.4, -0.2) is 38.1 Å². The van der Waals surface area contributed by atoms with Crippen LogP contribution in [0.2, 0.25) is 0 Å². The lowest BCUT2D eigenvalue weighted by molar-refractivity contribution is 0.317. The van der Waals surface area contributed by atoms with Crippen molar-refractivity contribution in [1.29, 1.82) is 0 Å². The zero-order valence-corrected chi connectivity index (χ0v) is 18.2. The lowest BCUT2D eigenvalue weighted by atomic mass is 10.1. The van der Waals surface area contributed by atoms with Gasteiger partial charge in [0.2, 0.25) is 10.0 Å². The molecule has 148 valence electrons. The second kappa shape index (κ2) is 8.24. The van der Waals surface area contributed by atoms with Gasteiger partial charge in [0, 0.05) is 36.0 Å². The van der Waals surface area contributed by atoms with E-state index < -0.39 is 10.0 Å². The highest BCUT2D eigenvalue weighted by Crippen LogP contribution is 2.40. The van der Waals surface area contributed by atoms with E-state index in [-0.39, 0.29) is 10.9 Å². The number of sulfonamides is 1. The third-order valence-electron chi connectivity index (χ3n) is 5.05. The van der Waals surface area contributed by atoms with Crippen LogP contribution >= 0.6 is 15.9 Å². The van der Waals surface area contributed by atoms with Crippen LogP contribution in [0.15, 0.2) is 39.8 Å². The summed E-state index contributed by atoms with van der Waals surface area (Å²) in [6.45, 7) is 0.499. The summed E-state index contributed by atoms with van der Waals surface area (Å²) in [5, 5.41) is 0. The van der Waals surface area contributed by atoms with Gasteiger partial charge in [0.05, 0.1) is 20.3 Å². The number of hydrogen-bond acceptors (Lipinski definition) is 4. The highest BCUT2D eigenvalue weighted by atomic mass is 79.9. The van der Waals surface area contributed by atoms with E-state index in [1.54, 1.807) is 10.4 Å². The summed E-state index contributed by atoms with van der Waals surface area (Å²) in [4.78, 5) is 0.196. The number of hydrogen-bond donors (Lipinski definition) is 0. The Balaban J connectivity index is 2.10. The van der Waals surface area contributed by atoms with Crippen LogP contribution in [0, 0.1) is 0 Å². The molecule has 1 fully saturated rings. The molecule has 0 spiro atoms. The van der Waals surface area contributed by atoms with Crippen LogP contribution in [0.4, 0.5) is 0 Å². The fourth-order valence-electron chi connectivity index (χ4n) is 3.65. The smallest absolute Gasteiger partial charge is 0.244 e. The van der Waals surface area contributed by atoms with Crippen molar-refractivity contribution in [3.63, 3.8) is 0 Å². The minimum Gasteiger partial charge on any atom is -0.493 e. The molecular formula is C19H25BrN2O4S. The Kier molecular flexibility index (Phi) is 6.18. The Morgan fingerprint density at radius 3 is 2.44 bits per heavy atom. The van der Waals surface area contributed by atoms with E-state index in [9.17, 15) is 8.42 Å². The van der Waals surface area contributed by atoms with Gasteiger partial charge in [-0.1, -0.05) is 12.8 Å². The summed E-state index contributed by atoms with van der Waals surface area (Å²) in [7, 11) is 1.26. The predicted octanol–water partition coefficient (Wildman–Crippen LogP) is 4.11. The van der Waals surface area contributed by atoms with Crippen LogP contribution in [0.3, 0.4) is 0 Å². The summed E-state index contributed by atoms with van der Waals surface area (Å²) in [6, 6.07) is 6.95. The third-order valence-corrected chi connectivity index (χ3v) is 7.92. The van der Waals surface area contributed by atoms with Gasteiger partial charge in [0.1, 0.15) is 4.90 Å². The first kappa shape index (κ1) is 20.2. The SMILES string of the molecule is COc1cc(Br)c(S(=O)(=O)N2CCCCCC2c2cccn2C)cc1OC. The van der Waals surface area contributed by atoms with Crippen molar-refractivity contribution in [2.75, 3.05) is 20.8 Å². The Morgan fingerprint density at radius 1 is 1.11 bits per heavy atom. The third kappa shape index (κ3) is 3.88. The van der Waals surface area contributed by atoms with Crippen molar-refractivity contribution in [2.24, 2.45) is 7.05 Å². The first-order valence-electron chi connectivity index (χ1n) is 8.94. The largest absolute Gasteiger partial charge is 0.493 e. The van der Waals surface area contributed by atoms with Crippen molar-refractivity contribution < 1.29 is 17.9 Å². The van der Waals surface area contributed by atoms with Gasteiger partial charge in [-0.05, 0) is 47.0 Å². The van der Waals surface area contributed by atoms with Gasteiger partial charge < -0.3 is 14.0 Å². The van der Waals surface area contributed by atoms with E-state index in [0.29, 0.717) is 22.5 Å². The van der Waals surface area contributed by atoms with Crippen molar-refractivity contribution >= 4 is 26.0 Å². The summed E-state index contributed by atoms with van der Waals surface area (Å²) in [5.74, 6) is 0.877. The maximum Gasteiger partial charge on any atom is 0.244 e. The Labute approximate surface area is 169 Å². The van der Waals surface area contributed by atoms with E-state index in [1.807, 2.05) is 29.9 Å². The van der Waals surface area contributed by atoms with Gasteiger partial charge in [0.15, 0.2) is 11.5 Å². The van der Waals surface area contributed by atoms with Crippen molar-refractivity contribution in [3.8, 4) is 11.5 Å². The molecule has 0 radical (unpaired) electrons. The number of halogens is 1. The fraction of sp³-hybridized carbons (Fsp3) is 0.474. The number of methoxy groups -OCH3 is 2. The first-order chi connectivity index (χ1) is 12.9. The molecule has 1 aliphatic rings. The summed E-state index contributed by atoms with van der Waals surface area (Å²) < 4.78 is 42.0. The molecule has 0 N–H and O–H groups in total. The minimum absolute atomic E-state index is 0.183. The summed E-state index contributed by atoms with van der Waals surface area (Å²) in [6.07, 6.45) is 5.65.